The number of nitrogens with zero attached hydrogens (tertiary/aromatic N) is 1. The van der Waals surface area contributed by atoms with Gasteiger partial charge in [-0.15, -0.1) is 0 Å². The molecule has 1 rings (SSSR count). The number of carbonyl (C=O) groups is 1. The Kier molecular flexibility index (Phi) is 4.31. The van der Waals surface area contributed by atoms with Crippen molar-refractivity contribution < 1.29 is 17.9 Å². The van der Waals surface area contributed by atoms with Gasteiger partial charge in [0.1, 0.15) is 0 Å². The summed E-state index contributed by atoms with van der Waals surface area (Å²) in [6.07, 6.45) is 1.08. The third kappa shape index (κ3) is 3.21. The average molecular weight is 272 g/mol. The molecular formula is C11H16N2O4S. The zero-order valence-electron chi connectivity index (χ0n) is 10.5. The molecular weight excluding hydrogens is 256 g/mol. The number of carbonyl (C=O) groups excluding carboxylic acids is 1. The van der Waals surface area contributed by atoms with E-state index < -0.39 is 16.0 Å². The molecule has 0 atom stereocenters. The van der Waals surface area contributed by atoms with Gasteiger partial charge in [-0.2, -0.15) is 0 Å². The lowest BCUT2D eigenvalue weighted by Gasteiger charge is -2.18. The second-order valence-electron chi connectivity index (χ2n) is 3.81. The summed E-state index contributed by atoms with van der Waals surface area (Å²) in [6.45, 7) is 0.204. The van der Waals surface area contributed by atoms with E-state index in [0.29, 0.717) is 11.3 Å². The second-order valence-corrected chi connectivity index (χ2v) is 5.83. The third-order valence-corrected chi connectivity index (χ3v) is 3.70. The molecule has 0 amide bonds. The topological polar surface area (TPSA) is 89.7 Å². The van der Waals surface area contributed by atoms with Gasteiger partial charge >= 0.3 is 5.97 Å². The van der Waals surface area contributed by atoms with Crippen LogP contribution in [0.2, 0.25) is 0 Å². The summed E-state index contributed by atoms with van der Waals surface area (Å²) in [7, 11) is -0.720. The van der Waals surface area contributed by atoms with Crippen LogP contribution < -0.4 is 10.0 Å². The number of methoxy groups -OCH3 is 1. The Bertz CT molecular complexity index is 554. The van der Waals surface area contributed by atoms with Gasteiger partial charge in [0.25, 0.3) is 0 Å². The smallest absolute Gasteiger partial charge is 0.337 e. The summed E-state index contributed by atoms with van der Waals surface area (Å²) in [4.78, 5) is 11.5. The molecule has 0 heterocycles. The number of esters is 1. The molecule has 0 saturated carbocycles. The van der Waals surface area contributed by atoms with Crippen LogP contribution in [-0.2, 0) is 21.3 Å². The summed E-state index contributed by atoms with van der Waals surface area (Å²) in [5, 5.41) is 0. The summed E-state index contributed by atoms with van der Waals surface area (Å²) in [5.41, 5.74) is 6.82. The number of ether oxygens (including phenoxy) is 1. The molecule has 0 aromatic heterocycles. The minimum atomic E-state index is -3.39. The third-order valence-electron chi connectivity index (χ3n) is 2.50. The molecule has 7 heteroatoms. The van der Waals surface area contributed by atoms with Crippen molar-refractivity contribution in [3.05, 3.63) is 29.3 Å². The minimum absolute atomic E-state index is 0.204. The van der Waals surface area contributed by atoms with E-state index >= 15 is 0 Å². The predicted octanol–water partition coefficient (Wildman–Crippen LogP) is 0.328. The normalized spacial score (nSPS) is 11.1. The van der Waals surface area contributed by atoms with Crippen LogP contribution in [0.25, 0.3) is 0 Å². The molecule has 0 radical (unpaired) electrons. The summed E-state index contributed by atoms with van der Waals surface area (Å²) in [6, 6.07) is 4.64. The first-order valence-electron chi connectivity index (χ1n) is 5.16. The number of rotatable bonds is 4. The molecule has 0 spiro atoms. The number of sulfonamides is 1. The van der Waals surface area contributed by atoms with E-state index in [0.717, 1.165) is 10.6 Å². The maximum Gasteiger partial charge on any atom is 0.337 e. The number of nitrogens with two attached hydrogens (primary N) is 1. The van der Waals surface area contributed by atoms with Crippen LogP contribution in [0.4, 0.5) is 5.69 Å². The quantitative estimate of drug-likeness (QED) is 0.798. The first-order valence-corrected chi connectivity index (χ1v) is 7.00. The monoisotopic (exact) mass is 272 g/mol. The van der Waals surface area contributed by atoms with E-state index in [2.05, 4.69) is 4.74 Å². The van der Waals surface area contributed by atoms with Gasteiger partial charge in [0.05, 0.1) is 24.6 Å². The maximum absolute atomic E-state index is 11.5. The molecule has 0 unspecified atom stereocenters. The highest BCUT2D eigenvalue weighted by Gasteiger charge is 2.15. The lowest BCUT2D eigenvalue weighted by Crippen LogP contribution is -2.25. The number of benzene rings is 1. The van der Waals surface area contributed by atoms with Crippen molar-refractivity contribution >= 4 is 21.7 Å². The van der Waals surface area contributed by atoms with Crippen LogP contribution in [0.5, 0.6) is 0 Å². The van der Waals surface area contributed by atoms with Gasteiger partial charge in [0, 0.05) is 13.6 Å². The summed E-state index contributed by atoms with van der Waals surface area (Å²) >= 11 is 0. The standard InChI is InChI=1S/C11H16N2O4S/c1-13(18(3,15)16)10-5-8(7-12)4-9(6-10)11(14)17-2/h4-6H,7,12H2,1-3H3. The van der Waals surface area contributed by atoms with Crippen molar-refractivity contribution in [2.75, 3.05) is 24.7 Å². The minimum Gasteiger partial charge on any atom is -0.465 e. The van der Waals surface area contributed by atoms with Crippen LogP contribution in [0.15, 0.2) is 18.2 Å². The van der Waals surface area contributed by atoms with Crippen LogP contribution in [-0.4, -0.2) is 34.8 Å². The van der Waals surface area contributed by atoms with Crippen LogP contribution in [0.3, 0.4) is 0 Å². The van der Waals surface area contributed by atoms with Crippen molar-refractivity contribution in [3.63, 3.8) is 0 Å². The van der Waals surface area contributed by atoms with Crippen LogP contribution >= 0.6 is 0 Å². The largest absolute Gasteiger partial charge is 0.465 e. The van der Waals surface area contributed by atoms with Gasteiger partial charge in [-0.05, 0) is 23.8 Å². The van der Waals surface area contributed by atoms with Gasteiger partial charge < -0.3 is 10.5 Å². The lowest BCUT2D eigenvalue weighted by molar-refractivity contribution is 0.0600. The Labute approximate surface area is 106 Å². The second kappa shape index (κ2) is 5.36. The van der Waals surface area contributed by atoms with Crippen molar-refractivity contribution in [1.29, 1.82) is 0 Å². The molecule has 0 bridgehead atoms. The van der Waals surface area contributed by atoms with E-state index in [1.54, 1.807) is 12.1 Å². The van der Waals surface area contributed by atoms with Gasteiger partial charge in [-0.25, -0.2) is 13.2 Å². The average Bonchev–Trinajstić information content (AvgIpc) is 2.35. The molecule has 0 fully saturated rings. The Morgan fingerprint density at radius 2 is 2.00 bits per heavy atom. The van der Waals surface area contributed by atoms with E-state index in [9.17, 15) is 13.2 Å². The Balaban J connectivity index is 3.33. The molecule has 0 saturated heterocycles. The molecule has 18 heavy (non-hydrogen) atoms. The Hall–Kier alpha value is -1.60. The van der Waals surface area contributed by atoms with Crippen molar-refractivity contribution in [1.82, 2.24) is 0 Å². The van der Waals surface area contributed by atoms with Gasteiger partial charge in [-0.1, -0.05) is 0 Å². The fraction of sp³-hybridized carbons (Fsp3) is 0.364. The highest BCUT2D eigenvalue weighted by Crippen LogP contribution is 2.20. The van der Waals surface area contributed by atoms with Crippen molar-refractivity contribution in [2.24, 2.45) is 5.73 Å². The Morgan fingerprint density at radius 3 is 2.44 bits per heavy atom. The lowest BCUT2D eigenvalue weighted by atomic mass is 10.1. The molecule has 1 aromatic rings. The summed E-state index contributed by atoms with van der Waals surface area (Å²) < 4.78 is 28.6. The summed E-state index contributed by atoms with van der Waals surface area (Å²) in [5.74, 6) is -0.534. The molecule has 0 aliphatic heterocycles. The van der Waals surface area contributed by atoms with E-state index in [4.69, 9.17) is 5.73 Å². The number of hydrogen-bond acceptors (Lipinski definition) is 5. The SMILES string of the molecule is COC(=O)c1cc(CN)cc(N(C)S(C)(=O)=O)c1. The molecule has 1 aromatic carbocycles. The number of anilines is 1. The molecule has 100 valence electrons. The van der Waals surface area contributed by atoms with Gasteiger partial charge in [0.2, 0.25) is 10.0 Å². The van der Waals surface area contributed by atoms with E-state index in [-0.39, 0.29) is 12.1 Å². The predicted molar refractivity (Wildman–Crippen MR) is 68.9 cm³/mol. The van der Waals surface area contributed by atoms with Crippen molar-refractivity contribution in [3.8, 4) is 0 Å². The highest BCUT2D eigenvalue weighted by atomic mass is 32.2. The fourth-order valence-corrected chi connectivity index (χ4v) is 1.89. The maximum atomic E-state index is 11.5. The van der Waals surface area contributed by atoms with Gasteiger partial charge in [-0.3, -0.25) is 4.31 Å². The van der Waals surface area contributed by atoms with E-state index in [1.165, 1.54) is 20.2 Å². The zero-order chi connectivity index (χ0) is 13.9. The van der Waals surface area contributed by atoms with Crippen LogP contribution in [0.1, 0.15) is 15.9 Å². The first-order chi connectivity index (χ1) is 8.29. The first kappa shape index (κ1) is 14.5. The molecule has 6 nitrogen and oxygen atoms in total. The van der Waals surface area contributed by atoms with Crippen molar-refractivity contribution in [2.45, 2.75) is 6.54 Å². The zero-order valence-corrected chi connectivity index (χ0v) is 11.3. The molecule has 2 N–H and O–H groups in total. The Morgan fingerprint density at radius 1 is 1.39 bits per heavy atom. The molecule has 0 aliphatic carbocycles. The van der Waals surface area contributed by atoms with Crippen LogP contribution in [0, 0.1) is 0 Å². The molecule has 0 aliphatic rings. The fourth-order valence-electron chi connectivity index (χ4n) is 1.40. The number of hydrogen-bond donors (Lipinski definition) is 1. The van der Waals surface area contributed by atoms with Gasteiger partial charge in [0.15, 0.2) is 0 Å². The highest BCUT2D eigenvalue weighted by molar-refractivity contribution is 7.92. The van der Waals surface area contributed by atoms with E-state index in [1.807, 2.05) is 0 Å².